The second-order valence-corrected chi connectivity index (χ2v) is 9.93. The first-order chi connectivity index (χ1) is 19.1. The molecule has 0 spiro atoms. The summed E-state index contributed by atoms with van der Waals surface area (Å²) < 4.78 is 0. The van der Waals surface area contributed by atoms with Crippen LogP contribution in [0.25, 0.3) is 10.9 Å². The summed E-state index contributed by atoms with van der Waals surface area (Å²) in [5, 5.41) is 28.4. The van der Waals surface area contributed by atoms with Gasteiger partial charge in [-0.05, 0) is 63.7 Å². The number of aromatic amines is 1. The fourth-order valence-corrected chi connectivity index (χ4v) is 4.32. The number of amides is 3. The minimum Gasteiger partial charge on any atom is -0.480 e. The van der Waals surface area contributed by atoms with Crippen molar-refractivity contribution in [3.8, 4) is 0 Å². The fourth-order valence-electron chi connectivity index (χ4n) is 4.32. The summed E-state index contributed by atoms with van der Waals surface area (Å²) in [6.45, 7) is 2.16. The number of nitrogens with two attached hydrogens (primary N) is 3. The molecule has 0 radical (unpaired) electrons. The van der Waals surface area contributed by atoms with E-state index in [2.05, 4.69) is 20.9 Å². The zero-order valence-corrected chi connectivity index (χ0v) is 22.9. The number of aliphatic carboxylic acids is 1. The van der Waals surface area contributed by atoms with E-state index in [0.29, 0.717) is 50.8 Å². The van der Waals surface area contributed by atoms with Crippen molar-refractivity contribution in [1.29, 1.82) is 0 Å². The van der Waals surface area contributed by atoms with Gasteiger partial charge in [0.2, 0.25) is 17.7 Å². The number of carbonyl (C=O) groups excluding carboxylic acids is 3. The van der Waals surface area contributed by atoms with Crippen molar-refractivity contribution in [2.24, 2.45) is 17.2 Å². The van der Waals surface area contributed by atoms with Crippen LogP contribution in [0.3, 0.4) is 0 Å². The second kappa shape index (κ2) is 16.6. The molecule has 13 nitrogen and oxygen atoms in total. The molecule has 1 heterocycles. The summed E-state index contributed by atoms with van der Waals surface area (Å²) in [5.74, 6) is -3.35. The van der Waals surface area contributed by atoms with E-state index in [0.717, 1.165) is 10.9 Å². The molecule has 12 N–H and O–H groups in total. The number of carbonyl (C=O) groups is 4. The van der Waals surface area contributed by atoms with Crippen molar-refractivity contribution < 1.29 is 29.4 Å². The first kappa shape index (κ1) is 32.7. The number of fused-ring (bicyclic) bond motifs is 1. The molecule has 5 atom stereocenters. The van der Waals surface area contributed by atoms with Crippen LogP contribution in [-0.4, -0.2) is 82.2 Å². The smallest absolute Gasteiger partial charge is 0.326 e. The number of nitrogens with one attached hydrogen (secondary N) is 4. The van der Waals surface area contributed by atoms with Gasteiger partial charge in [0.15, 0.2) is 0 Å². The highest BCUT2D eigenvalue weighted by molar-refractivity contribution is 5.94. The van der Waals surface area contributed by atoms with Crippen molar-refractivity contribution >= 4 is 34.6 Å². The summed E-state index contributed by atoms with van der Waals surface area (Å²) in [6, 6.07) is 2.74. The molecule has 13 heteroatoms. The molecule has 0 fully saturated rings. The molecule has 0 saturated carbocycles. The Bertz CT molecular complexity index is 1120. The van der Waals surface area contributed by atoms with Gasteiger partial charge in [-0.15, -0.1) is 0 Å². The number of unbranched alkanes of at least 4 members (excludes halogenated alkanes) is 2. The predicted octanol–water partition coefficient (Wildman–Crippen LogP) is -0.784. The number of para-hydroxylation sites is 1. The minimum atomic E-state index is -1.38. The molecular formula is C27H43N7O6. The van der Waals surface area contributed by atoms with E-state index in [1.165, 1.54) is 6.92 Å². The Morgan fingerprint density at radius 1 is 0.875 bits per heavy atom. The molecule has 2 rings (SSSR count). The molecule has 0 aliphatic rings. The highest BCUT2D eigenvalue weighted by atomic mass is 16.4. The number of carboxylic acid groups (broad SMARTS) is 1. The number of benzene rings is 1. The molecule has 1 aromatic heterocycles. The van der Waals surface area contributed by atoms with Gasteiger partial charge in [0.05, 0.1) is 12.1 Å². The van der Waals surface area contributed by atoms with Crippen molar-refractivity contribution in [3.05, 3.63) is 36.0 Å². The van der Waals surface area contributed by atoms with Crippen LogP contribution in [0.15, 0.2) is 30.5 Å². The zero-order chi connectivity index (χ0) is 29.7. The molecule has 0 saturated heterocycles. The first-order valence-electron chi connectivity index (χ1n) is 13.6. The average Bonchev–Trinajstić information content (AvgIpc) is 3.33. The fraction of sp³-hybridized carbons (Fsp3) is 0.556. The lowest BCUT2D eigenvalue weighted by Crippen LogP contribution is -2.59. The maximum atomic E-state index is 13.2. The van der Waals surface area contributed by atoms with Crippen LogP contribution in [0.5, 0.6) is 0 Å². The molecule has 222 valence electrons. The SMILES string of the molecule is CC(O)C(NC(=O)C(N)CCCCN)C(=O)NC(CCCCN)C(=O)NC(Cc1c[nH]c2ccccc12)C(=O)O. The molecule has 2 aromatic rings. The minimum absolute atomic E-state index is 0.0168. The van der Waals surface area contributed by atoms with Crippen molar-refractivity contribution in [2.45, 2.75) is 82.1 Å². The number of aromatic nitrogens is 1. The van der Waals surface area contributed by atoms with Gasteiger partial charge in [0, 0.05) is 23.5 Å². The molecule has 0 aliphatic heterocycles. The quantitative estimate of drug-likeness (QED) is 0.104. The number of H-pyrrole nitrogens is 1. The van der Waals surface area contributed by atoms with Crippen molar-refractivity contribution in [1.82, 2.24) is 20.9 Å². The Morgan fingerprint density at radius 3 is 2.12 bits per heavy atom. The third-order valence-corrected chi connectivity index (χ3v) is 6.66. The zero-order valence-electron chi connectivity index (χ0n) is 22.9. The van der Waals surface area contributed by atoms with Crippen LogP contribution in [0.2, 0.25) is 0 Å². The van der Waals surface area contributed by atoms with Crippen LogP contribution < -0.4 is 33.2 Å². The number of carboxylic acids is 1. The van der Waals surface area contributed by atoms with E-state index < -0.39 is 54.0 Å². The van der Waals surface area contributed by atoms with E-state index in [1.807, 2.05) is 24.3 Å². The van der Waals surface area contributed by atoms with Gasteiger partial charge in [-0.1, -0.05) is 24.6 Å². The highest BCUT2D eigenvalue weighted by Crippen LogP contribution is 2.19. The Morgan fingerprint density at radius 2 is 1.50 bits per heavy atom. The van der Waals surface area contributed by atoms with Crippen LogP contribution >= 0.6 is 0 Å². The third-order valence-electron chi connectivity index (χ3n) is 6.66. The van der Waals surface area contributed by atoms with E-state index in [1.54, 1.807) is 6.20 Å². The van der Waals surface area contributed by atoms with Gasteiger partial charge in [-0.2, -0.15) is 0 Å². The van der Waals surface area contributed by atoms with Crippen LogP contribution in [0.4, 0.5) is 0 Å². The standard InChI is InChI=1S/C27H43N7O6/c1-16(35)23(34-24(36)19(30)9-4-6-12-28)26(38)32-21(11-5-7-13-29)25(37)33-22(27(39)40)14-17-15-31-20-10-3-2-8-18(17)20/h2-3,8,10,15-16,19,21-23,31,35H,4-7,9,11-14,28-30H2,1H3,(H,32,38)(H,33,37)(H,34,36)(H,39,40). The molecule has 40 heavy (non-hydrogen) atoms. The van der Waals surface area contributed by atoms with E-state index in [9.17, 15) is 29.4 Å². The molecule has 5 unspecified atom stereocenters. The van der Waals surface area contributed by atoms with Gasteiger partial charge in [0.25, 0.3) is 0 Å². The van der Waals surface area contributed by atoms with Crippen LogP contribution in [0, 0.1) is 0 Å². The van der Waals surface area contributed by atoms with Gasteiger partial charge in [-0.25, -0.2) is 4.79 Å². The monoisotopic (exact) mass is 561 g/mol. The van der Waals surface area contributed by atoms with E-state index in [4.69, 9.17) is 17.2 Å². The second-order valence-electron chi connectivity index (χ2n) is 9.93. The summed E-state index contributed by atoms with van der Waals surface area (Å²) in [7, 11) is 0. The van der Waals surface area contributed by atoms with Crippen LogP contribution in [-0.2, 0) is 25.6 Å². The Balaban J connectivity index is 2.13. The lowest BCUT2D eigenvalue weighted by molar-refractivity contribution is -0.142. The number of aliphatic hydroxyl groups excluding tert-OH is 1. The number of hydrogen-bond acceptors (Lipinski definition) is 8. The van der Waals surface area contributed by atoms with Crippen molar-refractivity contribution in [3.63, 3.8) is 0 Å². The maximum absolute atomic E-state index is 13.2. The predicted molar refractivity (Wildman–Crippen MR) is 151 cm³/mol. The summed E-state index contributed by atoms with van der Waals surface area (Å²) >= 11 is 0. The number of hydrogen-bond donors (Lipinski definition) is 9. The summed E-state index contributed by atoms with van der Waals surface area (Å²) in [4.78, 5) is 54.0. The molecule has 1 aromatic carbocycles. The lowest BCUT2D eigenvalue weighted by atomic mass is 10.0. The highest BCUT2D eigenvalue weighted by Gasteiger charge is 2.32. The summed E-state index contributed by atoms with van der Waals surface area (Å²) in [6.07, 6.45) is 3.33. The number of aliphatic hydroxyl groups is 1. The topological polar surface area (TPSA) is 239 Å². The van der Waals surface area contributed by atoms with Gasteiger partial charge in [0.1, 0.15) is 18.1 Å². The normalized spacial score (nSPS) is 15.0. The molecule has 0 aliphatic carbocycles. The Labute approximate surface area is 233 Å². The largest absolute Gasteiger partial charge is 0.480 e. The van der Waals surface area contributed by atoms with Crippen LogP contribution in [0.1, 0.15) is 51.0 Å². The molecule has 0 bridgehead atoms. The molecule has 3 amide bonds. The Kier molecular flexibility index (Phi) is 13.5. The van der Waals surface area contributed by atoms with Gasteiger partial charge >= 0.3 is 5.97 Å². The van der Waals surface area contributed by atoms with E-state index in [-0.39, 0.29) is 12.8 Å². The lowest BCUT2D eigenvalue weighted by Gasteiger charge is -2.26. The first-order valence-corrected chi connectivity index (χ1v) is 13.6. The van der Waals surface area contributed by atoms with Gasteiger partial charge in [-0.3, -0.25) is 14.4 Å². The maximum Gasteiger partial charge on any atom is 0.326 e. The average molecular weight is 562 g/mol. The van der Waals surface area contributed by atoms with Crippen molar-refractivity contribution in [2.75, 3.05) is 13.1 Å². The Hall–Kier alpha value is -3.52. The van der Waals surface area contributed by atoms with E-state index >= 15 is 0 Å². The summed E-state index contributed by atoms with van der Waals surface area (Å²) in [5.41, 5.74) is 18.5. The van der Waals surface area contributed by atoms with Gasteiger partial charge < -0.3 is 48.3 Å². The molecular weight excluding hydrogens is 518 g/mol. The third kappa shape index (κ3) is 9.90. The number of rotatable bonds is 18.